The first kappa shape index (κ1) is 20.8. The van der Waals surface area contributed by atoms with Crippen molar-refractivity contribution in [3.05, 3.63) is 91.0 Å². The molecule has 0 N–H and O–H groups in total. The van der Waals surface area contributed by atoms with E-state index in [1.54, 1.807) is 0 Å². The van der Waals surface area contributed by atoms with Gasteiger partial charge < -0.3 is 0 Å². The van der Waals surface area contributed by atoms with Gasteiger partial charge in [0.15, 0.2) is 0 Å². The molecule has 2 atom stereocenters. The van der Waals surface area contributed by atoms with E-state index in [2.05, 4.69) is 113 Å². The van der Waals surface area contributed by atoms with Gasteiger partial charge in [0.05, 0.1) is 0 Å². The van der Waals surface area contributed by atoms with Crippen molar-refractivity contribution in [1.82, 2.24) is 0 Å². The molecule has 3 heteroatoms. The third-order valence-corrected chi connectivity index (χ3v) is 16.3. The summed E-state index contributed by atoms with van der Waals surface area (Å²) in [6, 6.07) is 33.2. The van der Waals surface area contributed by atoms with E-state index >= 15 is 0 Å². The van der Waals surface area contributed by atoms with Crippen molar-refractivity contribution < 1.29 is 4.74 Å². The Balaban J connectivity index is 1.94. The van der Waals surface area contributed by atoms with Gasteiger partial charge in [0.2, 0.25) is 0 Å². The van der Waals surface area contributed by atoms with Crippen LogP contribution in [0.1, 0.15) is 26.2 Å². The van der Waals surface area contributed by atoms with Crippen LogP contribution in [0.5, 0.6) is 0 Å². The van der Waals surface area contributed by atoms with Gasteiger partial charge in [-0.1, -0.05) is 0 Å². The average Bonchev–Trinajstić information content (AvgIpc) is 2.81. The Hall–Kier alpha value is -1.47. The molecule has 2 unspecified atom stereocenters. The molecule has 1 saturated heterocycles. The first-order chi connectivity index (χ1) is 14.1. The number of rotatable bonds is 6. The molecular weight excluding hydrogens is 439 g/mol. The van der Waals surface area contributed by atoms with Crippen LogP contribution in [0.4, 0.5) is 0 Å². The Morgan fingerprint density at radius 3 is 1.62 bits per heavy atom. The normalized spacial score (nSPS) is 19.8. The molecule has 0 saturated carbocycles. The van der Waals surface area contributed by atoms with Gasteiger partial charge in [-0.05, 0) is 0 Å². The Bertz CT molecular complexity index is 808. The molecule has 152 valence electrons. The topological polar surface area (TPSA) is 9.23 Å². The zero-order valence-electron chi connectivity index (χ0n) is 17.1. The summed E-state index contributed by atoms with van der Waals surface area (Å²) >= 11 is 4.56. The van der Waals surface area contributed by atoms with Gasteiger partial charge in [-0.25, -0.2) is 0 Å². The van der Waals surface area contributed by atoms with Gasteiger partial charge in [-0.2, -0.15) is 0 Å². The van der Waals surface area contributed by atoms with Crippen LogP contribution >= 0.6 is 20.8 Å². The van der Waals surface area contributed by atoms with Crippen molar-refractivity contribution in [2.24, 2.45) is 5.92 Å². The fourth-order valence-corrected chi connectivity index (χ4v) is 13.6. The van der Waals surface area contributed by atoms with E-state index in [4.69, 9.17) is 4.74 Å². The van der Waals surface area contributed by atoms with Crippen LogP contribution in [-0.4, -0.2) is 18.9 Å². The molecule has 1 fully saturated rings. The van der Waals surface area contributed by atoms with Crippen LogP contribution in [0.15, 0.2) is 91.0 Å². The van der Waals surface area contributed by atoms with Gasteiger partial charge in [-0.3, -0.25) is 0 Å². The van der Waals surface area contributed by atoms with Crippen LogP contribution in [0.25, 0.3) is 0 Å². The minimum atomic E-state index is -2.85. The van der Waals surface area contributed by atoms with E-state index in [0.29, 0.717) is 12.0 Å². The second-order valence-electron chi connectivity index (χ2n) is 8.25. The molecule has 1 aliphatic heterocycles. The van der Waals surface area contributed by atoms with Crippen molar-refractivity contribution in [2.45, 2.75) is 32.3 Å². The van der Waals surface area contributed by atoms with Crippen LogP contribution < -0.4 is 15.9 Å². The third kappa shape index (κ3) is 3.83. The average molecular weight is 469 g/mol. The monoisotopic (exact) mass is 468 g/mol. The summed E-state index contributed by atoms with van der Waals surface area (Å²) in [6.45, 7) is 3.28. The molecule has 29 heavy (non-hydrogen) atoms. The van der Waals surface area contributed by atoms with Crippen molar-refractivity contribution in [3.8, 4) is 0 Å². The number of benzene rings is 3. The van der Waals surface area contributed by atoms with Gasteiger partial charge in [0.1, 0.15) is 0 Å². The van der Waals surface area contributed by atoms with E-state index in [1.165, 1.54) is 35.2 Å². The zero-order valence-corrected chi connectivity index (χ0v) is 19.6. The van der Waals surface area contributed by atoms with E-state index in [-0.39, 0.29) is 0 Å². The Kier molecular flexibility index (Phi) is 6.25. The Morgan fingerprint density at radius 2 is 1.24 bits per heavy atom. The molecule has 0 spiro atoms. The molecule has 0 radical (unpaired) electrons. The summed E-state index contributed by atoms with van der Waals surface area (Å²) in [4.78, 5) is 0. The molecule has 0 bridgehead atoms. The molecular formula is C26H30BrOP. The molecule has 1 heterocycles. The van der Waals surface area contributed by atoms with Gasteiger partial charge >= 0.3 is 183 Å². The summed E-state index contributed by atoms with van der Waals surface area (Å²) in [6.07, 6.45) is 5.01. The third-order valence-electron chi connectivity index (χ3n) is 6.36. The van der Waals surface area contributed by atoms with Crippen LogP contribution in [0.3, 0.4) is 0 Å². The van der Waals surface area contributed by atoms with Gasteiger partial charge in [0.25, 0.3) is 0 Å². The molecule has 1 nitrogen and oxygen atoms in total. The number of hydrogen-bond acceptors (Lipinski definition) is 1. The summed E-state index contributed by atoms with van der Waals surface area (Å²) in [5.74, 6) is 0.452. The molecule has 0 aliphatic carbocycles. The number of ether oxygens (including phenoxy) is 1. The molecule has 4 rings (SSSR count). The quantitative estimate of drug-likeness (QED) is 0.401. The summed E-state index contributed by atoms with van der Waals surface area (Å²) in [7, 11) is 0. The van der Waals surface area contributed by atoms with E-state index in [1.807, 2.05) is 0 Å². The maximum absolute atomic E-state index is 6.24. The second kappa shape index (κ2) is 8.72. The molecule has 3 aromatic rings. The molecule has 0 aromatic heterocycles. The standard InChI is InChI=1S/C26H30BrOP/c1-22(26-19-11-12-20-28-26)21-29(27,23-13-5-2-6-14-23,24-15-7-3-8-16-24)25-17-9-4-10-18-25/h2-10,13-18,22,26H,11-12,19-21H2,1H3. The Morgan fingerprint density at radius 1 is 0.793 bits per heavy atom. The fourth-order valence-electron chi connectivity index (χ4n) is 4.85. The predicted octanol–water partition coefficient (Wildman–Crippen LogP) is 6.03. The summed E-state index contributed by atoms with van der Waals surface area (Å²) in [5, 5.41) is 1.31. The first-order valence-electron chi connectivity index (χ1n) is 10.6. The van der Waals surface area contributed by atoms with E-state index in [9.17, 15) is 0 Å². The summed E-state index contributed by atoms with van der Waals surface area (Å²) in [5.41, 5.74) is 0. The maximum atomic E-state index is 6.24. The molecule has 1 aliphatic rings. The van der Waals surface area contributed by atoms with Crippen molar-refractivity contribution in [1.29, 1.82) is 0 Å². The first-order valence-corrected chi connectivity index (χ1v) is 15.1. The zero-order chi connectivity index (χ0) is 20.2. The van der Waals surface area contributed by atoms with Gasteiger partial charge in [0, 0.05) is 0 Å². The summed E-state index contributed by atoms with van der Waals surface area (Å²) < 4.78 is 6.24. The number of hydrogen-bond donors (Lipinski definition) is 0. The molecule has 3 aromatic carbocycles. The van der Waals surface area contributed by atoms with E-state index in [0.717, 1.165) is 12.8 Å². The predicted molar refractivity (Wildman–Crippen MR) is 132 cm³/mol. The SMILES string of the molecule is CC(CP(Br)(c1ccccc1)(c1ccccc1)c1ccccc1)C1CCCCO1. The van der Waals surface area contributed by atoms with Crippen molar-refractivity contribution >= 4 is 36.7 Å². The fraction of sp³-hybridized carbons (Fsp3) is 0.308. The van der Waals surface area contributed by atoms with Crippen LogP contribution in [-0.2, 0) is 4.74 Å². The Labute approximate surface area is 183 Å². The number of halogens is 1. The van der Waals surface area contributed by atoms with Crippen molar-refractivity contribution in [3.63, 3.8) is 0 Å². The molecule has 0 amide bonds. The second-order valence-corrected chi connectivity index (χ2v) is 17.2. The van der Waals surface area contributed by atoms with Gasteiger partial charge in [-0.15, -0.1) is 0 Å². The van der Waals surface area contributed by atoms with E-state index < -0.39 is 5.31 Å². The van der Waals surface area contributed by atoms with Crippen LogP contribution in [0.2, 0.25) is 0 Å². The minimum absolute atomic E-state index is 0.332. The van der Waals surface area contributed by atoms with Crippen molar-refractivity contribution in [2.75, 3.05) is 12.8 Å². The van der Waals surface area contributed by atoms with Crippen LogP contribution in [0, 0.1) is 5.92 Å².